The van der Waals surface area contributed by atoms with Crippen LogP contribution in [0.15, 0.2) is 42.5 Å². The van der Waals surface area contributed by atoms with Crippen molar-refractivity contribution in [3.8, 4) is 0 Å². The van der Waals surface area contributed by atoms with Gasteiger partial charge in [0, 0.05) is 30.9 Å². The first kappa shape index (κ1) is 20.7. The van der Waals surface area contributed by atoms with E-state index in [-0.39, 0.29) is 5.91 Å². The summed E-state index contributed by atoms with van der Waals surface area (Å²) in [7, 11) is 0. The van der Waals surface area contributed by atoms with Gasteiger partial charge in [-0.2, -0.15) is 0 Å². The van der Waals surface area contributed by atoms with Gasteiger partial charge in [-0.05, 0) is 68.5 Å². The predicted octanol–water partition coefficient (Wildman–Crippen LogP) is 3.98. The average molecular weight is 396 g/mol. The van der Waals surface area contributed by atoms with Gasteiger partial charge in [0.2, 0.25) is 0 Å². The Morgan fingerprint density at radius 2 is 1.79 bits per heavy atom. The molecule has 3 N–H and O–H groups in total. The molecular formula is C23H29N3O3. The van der Waals surface area contributed by atoms with Gasteiger partial charge in [-0.3, -0.25) is 4.79 Å². The molecule has 2 aromatic rings. The highest BCUT2D eigenvalue weighted by atomic mass is 16.4. The van der Waals surface area contributed by atoms with Crippen LogP contribution in [-0.2, 0) is 17.6 Å². The second-order valence-electron chi connectivity index (χ2n) is 7.58. The summed E-state index contributed by atoms with van der Waals surface area (Å²) in [5, 5.41) is 14.9. The van der Waals surface area contributed by atoms with Gasteiger partial charge in [-0.25, -0.2) is 4.79 Å². The van der Waals surface area contributed by atoms with Gasteiger partial charge in [0.25, 0.3) is 5.91 Å². The third-order valence-corrected chi connectivity index (χ3v) is 5.80. The highest BCUT2D eigenvalue weighted by Gasteiger charge is 2.43. The van der Waals surface area contributed by atoms with Gasteiger partial charge in [0.05, 0.1) is 0 Å². The number of hydrogen-bond acceptors (Lipinski definition) is 3. The number of amides is 2. The first-order chi connectivity index (χ1) is 13.9. The van der Waals surface area contributed by atoms with Crippen molar-refractivity contribution < 1.29 is 14.7 Å². The molecule has 1 atom stereocenters. The Balaban J connectivity index is 1.86. The third-order valence-electron chi connectivity index (χ3n) is 5.80. The fourth-order valence-electron chi connectivity index (χ4n) is 4.11. The standard InChI is InChI=1S/C23H29N3O3/c1-4-26(5-2)19-10-11-20(16(3)14-19)24-21(27)23(25-22(28)29)13-12-17-8-6-7-9-18(17)15-23/h6-11,14,25H,4-5,12-13,15H2,1-3H3,(H,24,27)(H,28,29). The van der Waals surface area contributed by atoms with Crippen molar-refractivity contribution in [2.24, 2.45) is 0 Å². The summed E-state index contributed by atoms with van der Waals surface area (Å²) in [6.45, 7) is 7.99. The first-order valence-electron chi connectivity index (χ1n) is 10.1. The molecule has 0 bridgehead atoms. The average Bonchev–Trinajstić information content (AvgIpc) is 2.70. The number of carboxylic acid groups (broad SMARTS) is 1. The number of carbonyl (C=O) groups is 2. The van der Waals surface area contributed by atoms with E-state index in [1.54, 1.807) is 0 Å². The molecule has 2 aromatic carbocycles. The molecule has 0 heterocycles. The van der Waals surface area contributed by atoms with Crippen LogP contribution in [-0.4, -0.2) is 35.7 Å². The topological polar surface area (TPSA) is 81.7 Å². The molecule has 1 unspecified atom stereocenters. The van der Waals surface area contributed by atoms with Crippen molar-refractivity contribution in [1.82, 2.24) is 5.32 Å². The minimum absolute atomic E-state index is 0.312. The molecule has 154 valence electrons. The Bertz CT molecular complexity index is 908. The van der Waals surface area contributed by atoms with Crippen molar-refractivity contribution in [3.63, 3.8) is 0 Å². The zero-order chi connectivity index (χ0) is 21.0. The molecule has 6 heteroatoms. The van der Waals surface area contributed by atoms with E-state index in [4.69, 9.17) is 0 Å². The number of benzene rings is 2. The van der Waals surface area contributed by atoms with Crippen molar-refractivity contribution >= 4 is 23.4 Å². The van der Waals surface area contributed by atoms with Crippen LogP contribution in [0.25, 0.3) is 0 Å². The van der Waals surface area contributed by atoms with Crippen LogP contribution >= 0.6 is 0 Å². The number of nitrogens with zero attached hydrogens (tertiary/aromatic N) is 1. The van der Waals surface area contributed by atoms with Crippen LogP contribution in [0.2, 0.25) is 0 Å². The Labute approximate surface area is 171 Å². The zero-order valence-electron chi connectivity index (χ0n) is 17.3. The number of aryl methyl sites for hydroxylation is 2. The summed E-state index contributed by atoms with van der Waals surface area (Å²) in [6, 6.07) is 13.8. The van der Waals surface area contributed by atoms with Gasteiger partial charge in [0.1, 0.15) is 5.54 Å². The lowest BCUT2D eigenvalue weighted by Crippen LogP contribution is -2.59. The van der Waals surface area contributed by atoms with E-state index in [9.17, 15) is 14.7 Å². The van der Waals surface area contributed by atoms with E-state index in [1.807, 2.05) is 43.3 Å². The van der Waals surface area contributed by atoms with Gasteiger partial charge in [0.15, 0.2) is 0 Å². The number of fused-ring (bicyclic) bond motifs is 1. The number of anilines is 2. The molecular weight excluding hydrogens is 366 g/mol. The quantitative estimate of drug-likeness (QED) is 0.691. The van der Waals surface area contributed by atoms with Gasteiger partial charge in [-0.15, -0.1) is 0 Å². The smallest absolute Gasteiger partial charge is 0.405 e. The Hall–Kier alpha value is -3.02. The number of rotatable bonds is 6. The molecule has 1 aliphatic carbocycles. The Morgan fingerprint density at radius 1 is 1.10 bits per heavy atom. The van der Waals surface area contributed by atoms with Crippen LogP contribution in [0.1, 0.15) is 37.0 Å². The van der Waals surface area contributed by atoms with Crippen LogP contribution < -0.4 is 15.5 Å². The van der Waals surface area contributed by atoms with E-state index >= 15 is 0 Å². The molecule has 3 rings (SSSR count). The normalized spacial score (nSPS) is 17.9. The highest BCUT2D eigenvalue weighted by molar-refractivity contribution is 6.01. The van der Waals surface area contributed by atoms with E-state index in [0.717, 1.165) is 29.9 Å². The number of carbonyl (C=O) groups excluding carboxylic acids is 1. The van der Waals surface area contributed by atoms with Gasteiger partial charge < -0.3 is 20.6 Å². The van der Waals surface area contributed by atoms with E-state index in [1.165, 1.54) is 5.56 Å². The van der Waals surface area contributed by atoms with Crippen molar-refractivity contribution in [1.29, 1.82) is 0 Å². The van der Waals surface area contributed by atoms with Crippen LogP contribution in [0.5, 0.6) is 0 Å². The van der Waals surface area contributed by atoms with Crippen molar-refractivity contribution in [2.45, 2.75) is 45.6 Å². The van der Waals surface area contributed by atoms with E-state index in [0.29, 0.717) is 24.9 Å². The number of hydrogen-bond donors (Lipinski definition) is 3. The molecule has 2 amide bonds. The van der Waals surface area contributed by atoms with Crippen LogP contribution in [0, 0.1) is 6.92 Å². The lowest BCUT2D eigenvalue weighted by molar-refractivity contribution is -0.122. The molecule has 0 saturated heterocycles. The summed E-state index contributed by atoms with van der Waals surface area (Å²) in [6.07, 6.45) is 0.244. The minimum atomic E-state index is -1.19. The molecule has 0 radical (unpaired) electrons. The maximum Gasteiger partial charge on any atom is 0.405 e. The van der Waals surface area contributed by atoms with Crippen LogP contribution in [0.3, 0.4) is 0 Å². The summed E-state index contributed by atoms with van der Waals surface area (Å²) < 4.78 is 0. The fourth-order valence-corrected chi connectivity index (χ4v) is 4.11. The molecule has 0 fully saturated rings. The monoisotopic (exact) mass is 395 g/mol. The highest BCUT2D eigenvalue weighted by Crippen LogP contribution is 2.31. The first-order valence-corrected chi connectivity index (χ1v) is 10.1. The second kappa shape index (κ2) is 8.55. The second-order valence-corrected chi connectivity index (χ2v) is 7.58. The maximum atomic E-state index is 13.3. The van der Waals surface area contributed by atoms with Gasteiger partial charge >= 0.3 is 6.09 Å². The molecule has 0 spiro atoms. The summed E-state index contributed by atoms with van der Waals surface area (Å²) in [5.41, 5.74) is 3.76. The Kier molecular flexibility index (Phi) is 6.11. The summed E-state index contributed by atoms with van der Waals surface area (Å²) in [4.78, 5) is 27.0. The lowest BCUT2D eigenvalue weighted by atomic mass is 9.77. The van der Waals surface area contributed by atoms with E-state index in [2.05, 4.69) is 35.4 Å². The lowest BCUT2D eigenvalue weighted by Gasteiger charge is -2.36. The predicted molar refractivity (Wildman–Crippen MR) is 116 cm³/mol. The SMILES string of the molecule is CCN(CC)c1ccc(NC(=O)C2(NC(=O)O)CCc3ccccc3C2)c(C)c1. The summed E-state index contributed by atoms with van der Waals surface area (Å²) >= 11 is 0. The van der Waals surface area contributed by atoms with Gasteiger partial charge in [-0.1, -0.05) is 24.3 Å². The zero-order valence-corrected chi connectivity index (χ0v) is 17.3. The summed E-state index contributed by atoms with van der Waals surface area (Å²) in [5.74, 6) is -0.312. The number of nitrogens with one attached hydrogen (secondary N) is 2. The third kappa shape index (κ3) is 4.36. The molecule has 6 nitrogen and oxygen atoms in total. The van der Waals surface area contributed by atoms with Crippen LogP contribution in [0.4, 0.5) is 16.2 Å². The van der Waals surface area contributed by atoms with E-state index < -0.39 is 11.6 Å². The molecule has 0 saturated carbocycles. The minimum Gasteiger partial charge on any atom is -0.465 e. The fraction of sp³-hybridized carbons (Fsp3) is 0.391. The molecule has 0 aliphatic heterocycles. The molecule has 29 heavy (non-hydrogen) atoms. The maximum absolute atomic E-state index is 13.3. The molecule has 1 aliphatic rings. The molecule has 0 aromatic heterocycles. The Morgan fingerprint density at radius 3 is 2.41 bits per heavy atom. The van der Waals surface area contributed by atoms with Crippen molar-refractivity contribution in [2.75, 3.05) is 23.3 Å². The largest absolute Gasteiger partial charge is 0.465 e. The van der Waals surface area contributed by atoms with Crippen molar-refractivity contribution in [3.05, 3.63) is 59.2 Å².